The van der Waals surface area contributed by atoms with Gasteiger partial charge in [0, 0.05) is 0 Å². The fourth-order valence-corrected chi connectivity index (χ4v) is 4.20. The van der Waals surface area contributed by atoms with Crippen LogP contribution in [-0.2, 0) is 0 Å². The first-order chi connectivity index (χ1) is 8.15. The van der Waals surface area contributed by atoms with Crippen molar-refractivity contribution in [1.82, 2.24) is 0 Å². The number of aryl methyl sites for hydroxylation is 1. The van der Waals surface area contributed by atoms with E-state index in [0.29, 0.717) is 0 Å². The molecule has 0 spiro atoms. The second kappa shape index (κ2) is 5.85. The van der Waals surface area contributed by atoms with E-state index in [1.807, 2.05) is 0 Å². The van der Waals surface area contributed by atoms with Gasteiger partial charge in [0.05, 0.1) is 0 Å². The maximum atomic E-state index is 2.46. The van der Waals surface area contributed by atoms with Gasteiger partial charge in [-0.05, 0) is 49.5 Å². The fourth-order valence-electron chi connectivity index (χ4n) is 1.90. The Morgan fingerprint density at radius 2 is 1.88 bits per heavy atom. The molecule has 0 heterocycles. The van der Waals surface area contributed by atoms with E-state index in [1.165, 1.54) is 15.6 Å². The first kappa shape index (κ1) is 12.9. The van der Waals surface area contributed by atoms with Crippen LogP contribution < -0.4 is 21.2 Å². The fraction of sp³-hybridized carbons (Fsp3) is 0.375. The number of halogens is 1. The summed E-state index contributed by atoms with van der Waals surface area (Å²) < 4.78 is 3.10. The standard InChI is InChI=1S/C16H20I/c1-12(2)14-6-10-16(11-7-14)17-15-8-4-13(3)5-9-15/h4-6,8-12,14H,7H2,1-3H3/q+1. The van der Waals surface area contributed by atoms with Crippen molar-refractivity contribution in [3.05, 3.63) is 55.2 Å². The van der Waals surface area contributed by atoms with Gasteiger partial charge in [-0.2, -0.15) is 0 Å². The molecule has 1 heteroatoms. The summed E-state index contributed by atoms with van der Waals surface area (Å²) in [5.74, 6) is 1.52. The summed E-state index contributed by atoms with van der Waals surface area (Å²) in [6.07, 6.45) is 8.46. The van der Waals surface area contributed by atoms with Crippen LogP contribution in [0.4, 0.5) is 0 Å². The van der Waals surface area contributed by atoms with Gasteiger partial charge in [0.2, 0.25) is 0 Å². The lowest BCUT2D eigenvalue weighted by molar-refractivity contribution is -0.572. The van der Waals surface area contributed by atoms with Gasteiger partial charge in [-0.15, -0.1) is 0 Å². The highest BCUT2D eigenvalue weighted by atomic mass is 127. The molecule has 1 aromatic rings. The summed E-state index contributed by atoms with van der Waals surface area (Å²) in [5, 5.41) is 0. The Morgan fingerprint density at radius 3 is 2.41 bits per heavy atom. The monoisotopic (exact) mass is 339 g/mol. The second-order valence-corrected chi connectivity index (χ2v) is 8.01. The summed E-state index contributed by atoms with van der Waals surface area (Å²) >= 11 is 0.0279. The van der Waals surface area contributed by atoms with E-state index in [9.17, 15) is 0 Å². The molecule has 1 aromatic carbocycles. The lowest BCUT2D eigenvalue weighted by atomic mass is 9.90. The molecule has 0 nitrogen and oxygen atoms in total. The van der Waals surface area contributed by atoms with Crippen molar-refractivity contribution in [2.45, 2.75) is 27.2 Å². The normalized spacial score (nSPS) is 19.5. The largest absolute Gasteiger partial charge is 0.357 e. The SMILES string of the molecule is Cc1ccc([I+]C2=CCC(C(C)C)C=C2)cc1. The molecule has 0 fully saturated rings. The molecule has 0 N–H and O–H groups in total. The summed E-state index contributed by atoms with van der Waals surface area (Å²) in [4.78, 5) is 0. The van der Waals surface area contributed by atoms with E-state index in [1.54, 1.807) is 3.58 Å². The van der Waals surface area contributed by atoms with Crippen molar-refractivity contribution < 1.29 is 21.2 Å². The third-order valence-electron chi connectivity index (χ3n) is 3.17. The predicted molar refractivity (Wildman–Crippen MR) is 70.0 cm³/mol. The average Bonchev–Trinajstić information content (AvgIpc) is 2.33. The molecule has 90 valence electrons. The van der Waals surface area contributed by atoms with E-state index in [4.69, 9.17) is 0 Å². The van der Waals surface area contributed by atoms with Crippen LogP contribution in [0.2, 0.25) is 0 Å². The summed E-state index contributed by atoms with van der Waals surface area (Å²) in [6, 6.07) is 9.01. The summed E-state index contributed by atoms with van der Waals surface area (Å²) in [5.41, 5.74) is 1.35. The molecule has 0 radical (unpaired) electrons. The third-order valence-corrected chi connectivity index (χ3v) is 5.94. The molecule has 2 rings (SSSR count). The minimum atomic E-state index is 0.0279. The zero-order valence-electron chi connectivity index (χ0n) is 10.8. The Kier molecular flexibility index (Phi) is 4.43. The average molecular weight is 339 g/mol. The minimum absolute atomic E-state index is 0.0279. The van der Waals surface area contributed by atoms with Crippen molar-refractivity contribution in [3.63, 3.8) is 0 Å². The van der Waals surface area contributed by atoms with Gasteiger partial charge >= 0.3 is 21.2 Å². The lowest BCUT2D eigenvalue weighted by Gasteiger charge is -2.16. The van der Waals surface area contributed by atoms with E-state index >= 15 is 0 Å². The topological polar surface area (TPSA) is 0 Å². The van der Waals surface area contributed by atoms with E-state index < -0.39 is 0 Å². The van der Waals surface area contributed by atoms with Gasteiger partial charge < -0.3 is 0 Å². The summed E-state index contributed by atoms with van der Waals surface area (Å²) in [6.45, 7) is 6.76. The number of hydrogen-bond donors (Lipinski definition) is 0. The summed E-state index contributed by atoms with van der Waals surface area (Å²) in [7, 11) is 0. The highest BCUT2D eigenvalue weighted by Gasteiger charge is 2.21. The zero-order chi connectivity index (χ0) is 12.3. The molecule has 0 saturated heterocycles. The molecule has 1 atom stereocenters. The second-order valence-electron chi connectivity index (χ2n) is 4.98. The van der Waals surface area contributed by atoms with Crippen molar-refractivity contribution in [2.75, 3.05) is 0 Å². The Hall–Kier alpha value is -0.570. The molecule has 1 aliphatic carbocycles. The zero-order valence-corrected chi connectivity index (χ0v) is 12.9. The molecule has 0 amide bonds. The maximum absolute atomic E-state index is 2.46. The Morgan fingerprint density at radius 1 is 1.18 bits per heavy atom. The first-order valence-electron chi connectivity index (χ1n) is 6.25. The molecule has 1 aliphatic rings. The number of hydrogen-bond acceptors (Lipinski definition) is 0. The van der Waals surface area contributed by atoms with Crippen LogP contribution in [0.25, 0.3) is 0 Å². The molecule has 0 aliphatic heterocycles. The first-order valence-corrected chi connectivity index (χ1v) is 8.41. The van der Waals surface area contributed by atoms with E-state index in [2.05, 4.69) is 63.3 Å². The number of allylic oxidation sites excluding steroid dienone is 4. The smallest absolute Gasteiger partial charge is 0.0764 e. The molecule has 0 aromatic heterocycles. The van der Waals surface area contributed by atoms with Gasteiger partial charge in [-0.25, -0.2) is 0 Å². The van der Waals surface area contributed by atoms with Gasteiger partial charge in [0.1, 0.15) is 0 Å². The van der Waals surface area contributed by atoms with Crippen LogP contribution in [0.5, 0.6) is 0 Å². The van der Waals surface area contributed by atoms with Crippen molar-refractivity contribution >= 4 is 0 Å². The van der Waals surface area contributed by atoms with Crippen LogP contribution in [0.15, 0.2) is 46.1 Å². The van der Waals surface area contributed by atoms with Crippen LogP contribution in [0.3, 0.4) is 0 Å². The van der Waals surface area contributed by atoms with Crippen molar-refractivity contribution in [1.29, 1.82) is 0 Å². The quantitative estimate of drug-likeness (QED) is 0.730. The Balaban J connectivity index is 1.98. The van der Waals surface area contributed by atoms with E-state index in [0.717, 1.165) is 11.8 Å². The molecular formula is C16H20I+. The maximum Gasteiger partial charge on any atom is 0.357 e. The molecule has 0 saturated carbocycles. The predicted octanol–water partition coefficient (Wildman–Crippen LogP) is 1.37. The molecule has 17 heavy (non-hydrogen) atoms. The lowest BCUT2D eigenvalue weighted by Crippen LogP contribution is -3.60. The van der Waals surface area contributed by atoms with Crippen LogP contribution >= 0.6 is 0 Å². The number of benzene rings is 1. The van der Waals surface area contributed by atoms with E-state index in [-0.39, 0.29) is 21.2 Å². The van der Waals surface area contributed by atoms with Gasteiger partial charge in [-0.3, -0.25) is 0 Å². The number of rotatable bonds is 3. The third kappa shape index (κ3) is 3.70. The highest BCUT2D eigenvalue weighted by Crippen LogP contribution is 2.20. The van der Waals surface area contributed by atoms with Crippen LogP contribution in [-0.4, -0.2) is 0 Å². The van der Waals surface area contributed by atoms with Gasteiger partial charge in [0.15, 0.2) is 7.15 Å². The van der Waals surface area contributed by atoms with Gasteiger partial charge in [0.25, 0.3) is 0 Å². The Bertz CT molecular complexity index is 423. The molecular weight excluding hydrogens is 319 g/mol. The minimum Gasteiger partial charge on any atom is -0.0764 e. The van der Waals surface area contributed by atoms with Crippen molar-refractivity contribution in [2.24, 2.45) is 11.8 Å². The van der Waals surface area contributed by atoms with Crippen LogP contribution in [0, 0.1) is 22.3 Å². The Labute approximate surface area is 115 Å². The molecule has 1 unspecified atom stereocenters. The van der Waals surface area contributed by atoms with Crippen LogP contribution in [0.1, 0.15) is 25.8 Å². The highest BCUT2D eigenvalue weighted by molar-refractivity contribution is 5.18. The molecule has 0 bridgehead atoms. The van der Waals surface area contributed by atoms with Crippen molar-refractivity contribution in [3.8, 4) is 0 Å². The van der Waals surface area contributed by atoms with Gasteiger partial charge in [-0.1, -0.05) is 37.6 Å².